The molecule has 2 atom stereocenters. The standard InChI is InChI=1S/C33H41N3O6/c1-6-23-16-18-25(19-17-23)29(30(38)34-21-20-28(37)41-7-2)36(26-14-11-15-26)31(39)27(22-24-12-9-8-10-13-24)35-32(40)42-33(3,4)5/h1,8-10,12-13,16-19,26-27,29H,7,11,14-15,20-22H2,2-5H3,(H,34,38)(H,35,40). The number of nitrogens with one attached hydrogen (secondary N) is 2. The lowest BCUT2D eigenvalue weighted by molar-refractivity contribution is -0.148. The first-order valence-electron chi connectivity index (χ1n) is 14.4. The van der Waals surface area contributed by atoms with Gasteiger partial charge in [0.15, 0.2) is 0 Å². The lowest BCUT2D eigenvalue weighted by atomic mass is 9.87. The van der Waals surface area contributed by atoms with Crippen LogP contribution in [0.15, 0.2) is 54.6 Å². The van der Waals surface area contributed by atoms with Crippen LogP contribution in [0.4, 0.5) is 4.79 Å². The van der Waals surface area contributed by atoms with Crippen LogP contribution in [-0.4, -0.2) is 59.6 Å². The van der Waals surface area contributed by atoms with E-state index in [0.717, 1.165) is 12.0 Å². The summed E-state index contributed by atoms with van der Waals surface area (Å²) in [7, 11) is 0. The number of alkyl carbamates (subject to hydrolysis) is 1. The zero-order valence-electron chi connectivity index (χ0n) is 24.9. The molecule has 0 aliphatic heterocycles. The van der Waals surface area contributed by atoms with Gasteiger partial charge in [0, 0.05) is 24.6 Å². The van der Waals surface area contributed by atoms with Gasteiger partial charge in [0.25, 0.3) is 0 Å². The monoisotopic (exact) mass is 575 g/mol. The number of amides is 3. The van der Waals surface area contributed by atoms with Crippen molar-refractivity contribution in [1.29, 1.82) is 0 Å². The molecule has 1 aliphatic rings. The van der Waals surface area contributed by atoms with Crippen molar-refractivity contribution in [2.75, 3.05) is 13.2 Å². The minimum Gasteiger partial charge on any atom is -0.466 e. The third-order valence-electron chi connectivity index (χ3n) is 6.85. The molecule has 0 bridgehead atoms. The van der Waals surface area contributed by atoms with Crippen LogP contribution >= 0.6 is 0 Å². The highest BCUT2D eigenvalue weighted by Crippen LogP contribution is 2.34. The van der Waals surface area contributed by atoms with Crippen molar-refractivity contribution in [2.45, 2.75) is 83.5 Å². The number of esters is 1. The van der Waals surface area contributed by atoms with Gasteiger partial charge in [-0.2, -0.15) is 0 Å². The Balaban J connectivity index is 1.99. The van der Waals surface area contributed by atoms with Gasteiger partial charge >= 0.3 is 12.1 Å². The summed E-state index contributed by atoms with van der Waals surface area (Å²) < 4.78 is 10.5. The summed E-state index contributed by atoms with van der Waals surface area (Å²) in [6, 6.07) is 14.0. The maximum Gasteiger partial charge on any atom is 0.408 e. The molecule has 3 rings (SSSR count). The molecule has 0 heterocycles. The van der Waals surface area contributed by atoms with Crippen molar-refractivity contribution in [3.05, 3.63) is 71.3 Å². The summed E-state index contributed by atoms with van der Waals surface area (Å²) in [5, 5.41) is 5.58. The van der Waals surface area contributed by atoms with E-state index in [1.807, 2.05) is 30.3 Å². The van der Waals surface area contributed by atoms with Gasteiger partial charge in [0.05, 0.1) is 13.0 Å². The smallest absolute Gasteiger partial charge is 0.408 e. The van der Waals surface area contributed by atoms with Crippen molar-refractivity contribution in [1.82, 2.24) is 15.5 Å². The second-order valence-corrected chi connectivity index (χ2v) is 11.2. The van der Waals surface area contributed by atoms with Crippen LogP contribution in [0.2, 0.25) is 0 Å². The fourth-order valence-corrected chi connectivity index (χ4v) is 4.68. The van der Waals surface area contributed by atoms with Crippen LogP contribution in [0.1, 0.15) is 76.1 Å². The zero-order valence-corrected chi connectivity index (χ0v) is 24.9. The Kier molecular flexibility index (Phi) is 11.5. The van der Waals surface area contributed by atoms with E-state index in [1.165, 1.54) is 0 Å². The maximum absolute atomic E-state index is 14.5. The van der Waals surface area contributed by atoms with E-state index in [9.17, 15) is 19.2 Å². The zero-order chi connectivity index (χ0) is 30.7. The molecular formula is C33H41N3O6. The van der Waals surface area contributed by atoms with Crippen LogP contribution in [0.3, 0.4) is 0 Å². The molecule has 0 saturated heterocycles. The van der Waals surface area contributed by atoms with E-state index < -0.39 is 41.6 Å². The van der Waals surface area contributed by atoms with Crippen LogP contribution in [-0.2, 0) is 30.3 Å². The summed E-state index contributed by atoms with van der Waals surface area (Å²) in [5.74, 6) is 1.30. The first kappa shape index (κ1) is 32.2. The maximum atomic E-state index is 14.5. The number of terminal acetylenes is 1. The molecule has 2 aromatic carbocycles. The molecule has 2 unspecified atom stereocenters. The third-order valence-corrected chi connectivity index (χ3v) is 6.85. The molecule has 0 aromatic heterocycles. The lowest BCUT2D eigenvalue weighted by Gasteiger charge is -2.43. The Bertz CT molecular complexity index is 1260. The average molecular weight is 576 g/mol. The van der Waals surface area contributed by atoms with Gasteiger partial charge in [0.2, 0.25) is 11.8 Å². The van der Waals surface area contributed by atoms with Crippen molar-refractivity contribution >= 4 is 23.9 Å². The second kappa shape index (κ2) is 15.1. The Morgan fingerprint density at radius 1 is 1.05 bits per heavy atom. The van der Waals surface area contributed by atoms with Crippen LogP contribution in [0.25, 0.3) is 0 Å². The van der Waals surface area contributed by atoms with Gasteiger partial charge in [-0.3, -0.25) is 14.4 Å². The Labute approximate surface area is 248 Å². The van der Waals surface area contributed by atoms with Gasteiger partial charge in [-0.05, 0) is 70.2 Å². The van der Waals surface area contributed by atoms with Gasteiger partial charge in [-0.1, -0.05) is 48.4 Å². The summed E-state index contributed by atoms with van der Waals surface area (Å²) in [6.07, 6.45) is 7.37. The minimum atomic E-state index is -1.02. The van der Waals surface area contributed by atoms with Crippen LogP contribution in [0.5, 0.6) is 0 Å². The van der Waals surface area contributed by atoms with Gasteiger partial charge in [-0.15, -0.1) is 6.42 Å². The number of nitrogens with zero attached hydrogens (tertiary/aromatic N) is 1. The van der Waals surface area contributed by atoms with Gasteiger partial charge < -0.3 is 25.0 Å². The average Bonchev–Trinajstić information content (AvgIpc) is 2.91. The number of rotatable bonds is 12. The van der Waals surface area contributed by atoms with E-state index >= 15 is 0 Å². The highest BCUT2D eigenvalue weighted by molar-refractivity contribution is 5.92. The SMILES string of the molecule is C#Cc1ccc(C(C(=O)NCCC(=O)OCC)N(C(=O)C(Cc2ccccc2)NC(=O)OC(C)(C)C)C2CCC2)cc1. The van der Waals surface area contributed by atoms with E-state index in [4.69, 9.17) is 15.9 Å². The first-order chi connectivity index (χ1) is 20.0. The van der Waals surface area contributed by atoms with Crippen LogP contribution < -0.4 is 10.6 Å². The Hall–Kier alpha value is -4.32. The van der Waals surface area contributed by atoms with E-state index in [0.29, 0.717) is 24.0 Å². The topological polar surface area (TPSA) is 114 Å². The largest absolute Gasteiger partial charge is 0.466 e. The van der Waals surface area contributed by atoms with E-state index in [2.05, 4.69) is 16.6 Å². The molecule has 1 fully saturated rings. The molecular weight excluding hydrogens is 534 g/mol. The summed E-state index contributed by atoms with van der Waals surface area (Å²) in [6.45, 7) is 7.25. The Morgan fingerprint density at radius 3 is 2.26 bits per heavy atom. The van der Waals surface area contributed by atoms with Gasteiger partial charge in [-0.25, -0.2) is 4.79 Å². The van der Waals surface area contributed by atoms with Crippen molar-refractivity contribution < 1.29 is 28.7 Å². The number of carbonyl (C=O) groups is 4. The number of hydrogen-bond donors (Lipinski definition) is 2. The van der Waals surface area contributed by atoms with Gasteiger partial charge in [0.1, 0.15) is 17.7 Å². The van der Waals surface area contributed by atoms with Crippen LogP contribution in [0, 0.1) is 12.3 Å². The van der Waals surface area contributed by atoms with E-state index in [-0.39, 0.29) is 32.0 Å². The van der Waals surface area contributed by atoms with E-state index in [1.54, 1.807) is 56.9 Å². The first-order valence-corrected chi connectivity index (χ1v) is 14.4. The highest BCUT2D eigenvalue weighted by atomic mass is 16.6. The summed E-state index contributed by atoms with van der Waals surface area (Å²) >= 11 is 0. The molecule has 224 valence electrons. The fraction of sp³-hybridized carbons (Fsp3) is 0.455. The number of hydrogen-bond acceptors (Lipinski definition) is 6. The molecule has 0 spiro atoms. The summed E-state index contributed by atoms with van der Waals surface area (Å²) in [5.41, 5.74) is 1.28. The fourth-order valence-electron chi connectivity index (χ4n) is 4.68. The number of carbonyl (C=O) groups excluding carboxylic acids is 4. The predicted molar refractivity (Wildman–Crippen MR) is 159 cm³/mol. The Morgan fingerprint density at radius 2 is 1.71 bits per heavy atom. The van der Waals surface area contributed by atoms with Crippen molar-refractivity contribution in [2.24, 2.45) is 0 Å². The predicted octanol–water partition coefficient (Wildman–Crippen LogP) is 4.30. The quantitative estimate of drug-likeness (QED) is 0.288. The molecule has 2 aromatic rings. The highest BCUT2D eigenvalue weighted by Gasteiger charge is 2.42. The molecule has 9 heteroatoms. The van der Waals surface area contributed by atoms with Crippen molar-refractivity contribution in [3.63, 3.8) is 0 Å². The molecule has 1 aliphatic carbocycles. The molecule has 3 amide bonds. The normalized spacial score (nSPS) is 14.4. The third kappa shape index (κ3) is 9.37. The number of benzene rings is 2. The molecule has 1 saturated carbocycles. The molecule has 2 N–H and O–H groups in total. The molecule has 0 radical (unpaired) electrons. The summed E-state index contributed by atoms with van der Waals surface area (Å²) in [4.78, 5) is 54.6. The lowest BCUT2D eigenvalue weighted by Crippen LogP contribution is -2.58. The molecule has 42 heavy (non-hydrogen) atoms. The second-order valence-electron chi connectivity index (χ2n) is 11.2. The minimum absolute atomic E-state index is 0.00343. The number of ether oxygens (including phenoxy) is 2. The molecule has 9 nitrogen and oxygen atoms in total. The van der Waals surface area contributed by atoms with Crippen molar-refractivity contribution in [3.8, 4) is 12.3 Å².